The first-order valence-corrected chi connectivity index (χ1v) is 11.4. The molecule has 1 aliphatic heterocycles. The third kappa shape index (κ3) is 4.55. The second kappa shape index (κ2) is 9.18. The standard InChI is InChI=1S/C27H25ClF2N2O2/c1-17-16-25(32(18(2)33)22-14-12-21(28)13-15-22)23-6-4-5-7-24(23)31(17)26(34)19-8-10-20(11-9-19)27(3,29)30/h4-15,17,25H,16H2,1-3H3/t17-,25+/m0/s1. The van der Waals surface area contributed by atoms with Crippen LogP contribution >= 0.6 is 11.6 Å². The Morgan fingerprint density at radius 1 is 1.00 bits per heavy atom. The molecule has 0 bridgehead atoms. The highest BCUT2D eigenvalue weighted by Crippen LogP contribution is 2.43. The summed E-state index contributed by atoms with van der Waals surface area (Å²) < 4.78 is 27.2. The maximum absolute atomic E-state index is 13.6. The van der Waals surface area contributed by atoms with Gasteiger partial charge in [0.1, 0.15) is 0 Å². The Balaban J connectivity index is 1.73. The number of benzene rings is 3. The fraction of sp³-hybridized carbons (Fsp3) is 0.259. The van der Waals surface area contributed by atoms with E-state index in [1.54, 1.807) is 34.1 Å². The minimum absolute atomic E-state index is 0.120. The normalized spacial score (nSPS) is 17.8. The zero-order valence-corrected chi connectivity index (χ0v) is 19.9. The topological polar surface area (TPSA) is 40.6 Å². The molecule has 176 valence electrons. The Hall–Kier alpha value is -3.25. The van der Waals surface area contributed by atoms with Crippen molar-refractivity contribution in [1.82, 2.24) is 0 Å². The monoisotopic (exact) mass is 482 g/mol. The SMILES string of the molecule is CC(=O)N(c1ccc(Cl)cc1)[C@@H]1C[C@H](C)N(C(=O)c2ccc(C(C)(F)F)cc2)c2ccccc21. The van der Waals surface area contributed by atoms with E-state index >= 15 is 0 Å². The number of para-hydroxylation sites is 1. The van der Waals surface area contributed by atoms with Crippen LogP contribution in [0.1, 0.15) is 54.7 Å². The Morgan fingerprint density at radius 2 is 1.62 bits per heavy atom. The van der Waals surface area contributed by atoms with E-state index in [2.05, 4.69) is 0 Å². The van der Waals surface area contributed by atoms with Crippen molar-refractivity contribution in [3.05, 3.63) is 94.5 Å². The molecular formula is C27H25ClF2N2O2. The summed E-state index contributed by atoms with van der Waals surface area (Å²) in [6.45, 7) is 4.27. The number of hydrogen-bond donors (Lipinski definition) is 0. The van der Waals surface area contributed by atoms with Gasteiger partial charge in [0.15, 0.2) is 0 Å². The van der Waals surface area contributed by atoms with Crippen LogP contribution in [-0.4, -0.2) is 17.9 Å². The minimum atomic E-state index is -2.97. The summed E-state index contributed by atoms with van der Waals surface area (Å²) in [6.07, 6.45) is 0.510. The predicted octanol–water partition coefficient (Wildman–Crippen LogP) is 6.98. The Morgan fingerprint density at radius 3 is 2.21 bits per heavy atom. The highest BCUT2D eigenvalue weighted by Gasteiger charge is 2.38. The van der Waals surface area contributed by atoms with Crippen LogP contribution in [0, 0.1) is 0 Å². The predicted molar refractivity (Wildman–Crippen MR) is 131 cm³/mol. The van der Waals surface area contributed by atoms with E-state index < -0.39 is 5.92 Å². The molecule has 4 rings (SSSR count). The van der Waals surface area contributed by atoms with Crippen molar-refractivity contribution in [1.29, 1.82) is 0 Å². The van der Waals surface area contributed by atoms with Gasteiger partial charge < -0.3 is 9.80 Å². The molecule has 0 saturated carbocycles. The van der Waals surface area contributed by atoms with Crippen molar-refractivity contribution in [3.63, 3.8) is 0 Å². The molecule has 0 fully saturated rings. The molecule has 4 nitrogen and oxygen atoms in total. The summed E-state index contributed by atoms with van der Waals surface area (Å²) in [4.78, 5) is 29.7. The van der Waals surface area contributed by atoms with Crippen molar-refractivity contribution < 1.29 is 18.4 Å². The van der Waals surface area contributed by atoms with Crippen LogP contribution in [-0.2, 0) is 10.7 Å². The number of anilines is 2. The molecule has 2 amide bonds. The molecule has 34 heavy (non-hydrogen) atoms. The lowest BCUT2D eigenvalue weighted by atomic mass is 9.89. The second-order valence-corrected chi connectivity index (χ2v) is 9.10. The number of carbonyl (C=O) groups excluding carboxylic acids is 2. The molecule has 3 aromatic rings. The summed E-state index contributed by atoms with van der Waals surface area (Å²) in [5.74, 6) is -3.37. The van der Waals surface area contributed by atoms with Crippen LogP contribution in [0.3, 0.4) is 0 Å². The van der Waals surface area contributed by atoms with Gasteiger partial charge in [-0.2, -0.15) is 0 Å². The van der Waals surface area contributed by atoms with Crippen molar-refractivity contribution in [2.24, 2.45) is 0 Å². The first kappa shape index (κ1) is 23.9. The molecule has 0 unspecified atom stereocenters. The number of hydrogen-bond acceptors (Lipinski definition) is 2. The molecule has 0 aromatic heterocycles. The molecule has 7 heteroatoms. The summed E-state index contributed by atoms with van der Waals surface area (Å²) >= 11 is 6.04. The fourth-order valence-electron chi connectivity index (χ4n) is 4.56. The van der Waals surface area contributed by atoms with Crippen LogP contribution in [0.4, 0.5) is 20.2 Å². The van der Waals surface area contributed by atoms with E-state index in [-0.39, 0.29) is 29.5 Å². The van der Waals surface area contributed by atoms with Gasteiger partial charge in [-0.3, -0.25) is 9.59 Å². The molecule has 0 spiro atoms. The molecule has 2 atom stereocenters. The smallest absolute Gasteiger partial charge is 0.270 e. The second-order valence-electron chi connectivity index (χ2n) is 8.67. The van der Waals surface area contributed by atoms with Crippen molar-refractivity contribution >= 4 is 34.8 Å². The average Bonchev–Trinajstić information content (AvgIpc) is 2.79. The highest BCUT2D eigenvalue weighted by atomic mass is 35.5. The van der Waals surface area contributed by atoms with Gasteiger partial charge in [-0.25, -0.2) is 8.78 Å². The van der Waals surface area contributed by atoms with Crippen molar-refractivity contribution in [2.75, 3.05) is 9.80 Å². The maximum Gasteiger partial charge on any atom is 0.270 e. The Labute approximate surface area is 202 Å². The number of rotatable bonds is 4. The third-order valence-electron chi connectivity index (χ3n) is 6.17. The summed E-state index contributed by atoms with van der Waals surface area (Å²) in [6, 6.07) is 19.5. The third-order valence-corrected chi connectivity index (χ3v) is 6.43. The molecule has 1 heterocycles. The molecule has 1 aliphatic rings. The van der Waals surface area contributed by atoms with Crippen molar-refractivity contribution in [3.8, 4) is 0 Å². The Bertz CT molecular complexity index is 1210. The number of halogens is 3. The quantitative estimate of drug-likeness (QED) is 0.402. The van der Waals surface area contributed by atoms with Gasteiger partial charge in [0.2, 0.25) is 5.91 Å². The van der Waals surface area contributed by atoms with E-state index in [4.69, 9.17) is 11.6 Å². The van der Waals surface area contributed by atoms with Crippen molar-refractivity contribution in [2.45, 2.75) is 45.2 Å². The summed E-state index contributed by atoms with van der Waals surface area (Å²) in [5, 5.41) is 0.577. The van der Waals surface area contributed by atoms with Gasteiger partial charge in [0.05, 0.1) is 6.04 Å². The number of carbonyl (C=O) groups is 2. The molecule has 0 aliphatic carbocycles. The van der Waals surface area contributed by atoms with Crippen LogP contribution in [0.5, 0.6) is 0 Å². The van der Waals surface area contributed by atoms with E-state index in [9.17, 15) is 18.4 Å². The lowest BCUT2D eigenvalue weighted by Gasteiger charge is -2.43. The molecule has 0 saturated heterocycles. The molecular weight excluding hydrogens is 458 g/mol. The zero-order chi connectivity index (χ0) is 24.6. The maximum atomic E-state index is 13.6. The number of nitrogens with zero attached hydrogens (tertiary/aromatic N) is 2. The van der Waals surface area contributed by atoms with Crippen LogP contribution < -0.4 is 9.80 Å². The van der Waals surface area contributed by atoms with Gasteiger partial charge in [0, 0.05) is 47.4 Å². The highest BCUT2D eigenvalue weighted by molar-refractivity contribution is 6.30. The Kier molecular flexibility index (Phi) is 6.45. The zero-order valence-electron chi connectivity index (χ0n) is 19.1. The van der Waals surface area contributed by atoms with Gasteiger partial charge in [-0.15, -0.1) is 0 Å². The molecule has 3 aromatic carbocycles. The van der Waals surface area contributed by atoms with E-state index in [1.165, 1.54) is 31.2 Å². The van der Waals surface area contributed by atoms with Gasteiger partial charge in [-0.05, 0) is 61.4 Å². The van der Waals surface area contributed by atoms with E-state index in [0.717, 1.165) is 18.2 Å². The van der Waals surface area contributed by atoms with E-state index in [0.29, 0.717) is 22.7 Å². The van der Waals surface area contributed by atoms with Gasteiger partial charge in [0.25, 0.3) is 11.8 Å². The summed E-state index contributed by atoms with van der Waals surface area (Å²) in [5.41, 5.74) is 2.45. The molecule has 0 N–H and O–H groups in total. The lowest BCUT2D eigenvalue weighted by Crippen LogP contribution is -2.47. The first-order valence-electron chi connectivity index (χ1n) is 11.0. The van der Waals surface area contributed by atoms with Crippen LogP contribution in [0.15, 0.2) is 72.8 Å². The minimum Gasteiger partial charge on any atom is -0.305 e. The number of amides is 2. The largest absolute Gasteiger partial charge is 0.305 e. The lowest BCUT2D eigenvalue weighted by molar-refractivity contribution is -0.117. The van der Waals surface area contributed by atoms with Gasteiger partial charge >= 0.3 is 0 Å². The number of fused-ring (bicyclic) bond motifs is 1. The van der Waals surface area contributed by atoms with Gasteiger partial charge in [-0.1, -0.05) is 41.9 Å². The average molecular weight is 483 g/mol. The fourth-order valence-corrected chi connectivity index (χ4v) is 4.69. The first-order chi connectivity index (χ1) is 16.1. The molecule has 0 radical (unpaired) electrons. The van der Waals surface area contributed by atoms with Crippen LogP contribution in [0.2, 0.25) is 5.02 Å². The van der Waals surface area contributed by atoms with E-state index in [1.807, 2.05) is 31.2 Å². The number of alkyl halides is 2. The summed E-state index contributed by atoms with van der Waals surface area (Å²) in [7, 11) is 0. The van der Waals surface area contributed by atoms with Crippen LogP contribution in [0.25, 0.3) is 0 Å².